The van der Waals surface area contributed by atoms with Crippen LogP contribution in [-0.2, 0) is 0 Å². The Morgan fingerprint density at radius 3 is 2.25 bits per heavy atom. The van der Waals surface area contributed by atoms with Crippen molar-refractivity contribution in [2.75, 3.05) is 13.2 Å². The van der Waals surface area contributed by atoms with E-state index in [9.17, 15) is 9.59 Å². The number of carbonyl (C=O) groups excluding carboxylic acids is 2. The van der Waals surface area contributed by atoms with Gasteiger partial charge in [0.25, 0.3) is 5.91 Å². The summed E-state index contributed by atoms with van der Waals surface area (Å²) >= 11 is 0. The summed E-state index contributed by atoms with van der Waals surface area (Å²) < 4.78 is 0. The minimum atomic E-state index is -0.244. The third-order valence-electron chi connectivity index (χ3n) is 4.00. The maximum Gasteiger partial charge on any atom is 0.252 e. The van der Waals surface area contributed by atoms with Crippen LogP contribution in [0.4, 0.5) is 0 Å². The summed E-state index contributed by atoms with van der Waals surface area (Å²) in [6, 6.07) is 15.8. The lowest BCUT2D eigenvalue weighted by atomic mass is 9.98. The molecule has 0 saturated carbocycles. The molecule has 0 spiro atoms. The van der Waals surface area contributed by atoms with Crippen molar-refractivity contribution in [1.82, 2.24) is 5.32 Å². The van der Waals surface area contributed by atoms with Crippen LogP contribution >= 0.6 is 0 Å². The van der Waals surface area contributed by atoms with E-state index < -0.39 is 0 Å². The summed E-state index contributed by atoms with van der Waals surface area (Å²) in [5.74, 6) is -0.0578. The van der Waals surface area contributed by atoms with E-state index in [2.05, 4.69) is 5.32 Å². The first-order chi connectivity index (χ1) is 11.6. The van der Waals surface area contributed by atoms with Gasteiger partial charge in [0.05, 0.1) is 5.56 Å². The molecule has 0 bridgehead atoms. The Hall–Kier alpha value is -2.46. The molecule has 0 saturated heterocycles. The number of benzene rings is 2. The summed E-state index contributed by atoms with van der Waals surface area (Å²) in [7, 11) is 0. The predicted molar refractivity (Wildman–Crippen MR) is 94.1 cm³/mol. The second kappa shape index (κ2) is 8.99. The van der Waals surface area contributed by atoms with E-state index in [1.165, 1.54) is 0 Å². The summed E-state index contributed by atoms with van der Waals surface area (Å²) in [5.41, 5.74) is 1.36. The Morgan fingerprint density at radius 2 is 1.58 bits per heavy atom. The zero-order valence-electron chi connectivity index (χ0n) is 13.9. The Bertz CT molecular complexity index is 682. The molecule has 0 aromatic heterocycles. The van der Waals surface area contributed by atoms with E-state index in [-0.39, 0.29) is 18.3 Å². The Kier molecular flexibility index (Phi) is 6.70. The summed E-state index contributed by atoms with van der Waals surface area (Å²) in [5, 5.41) is 11.8. The molecule has 0 aliphatic heterocycles. The quantitative estimate of drug-likeness (QED) is 0.733. The van der Waals surface area contributed by atoms with Gasteiger partial charge in [-0.3, -0.25) is 9.59 Å². The number of ketones is 1. The van der Waals surface area contributed by atoms with Crippen molar-refractivity contribution in [2.24, 2.45) is 5.92 Å². The van der Waals surface area contributed by atoms with Gasteiger partial charge in [-0.15, -0.1) is 0 Å². The number of nitrogens with one attached hydrogen (secondary N) is 1. The Balaban J connectivity index is 2.08. The van der Waals surface area contributed by atoms with E-state index in [1.807, 2.05) is 13.0 Å². The highest BCUT2D eigenvalue weighted by Crippen LogP contribution is 2.15. The van der Waals surface area contributed by atoms with Crippen LogP contribution in [0, 0.1) is 5.92 Å². The molecule has 2 N–H and O–H groups in total. The normalized spacial score (nSPS) is 11.8. The lowest BCUT2D eigenvalue weighted by Gasteiger charge is -2.12. The average Bonchev–Trinajstić information content (AvgIpc) is 2.62. The van der Waals surface area contributed by atoms with E-state index in [0.717, 1.165) is 12.8 Å². The van der Waals surface area contributed by atoms with Crippen LogP contribution in [0.25, 0.3) is 0 Å². The average molecular weight is 325 g/mol. The molecule has 0 aliphatic rings. The molecule has 0 aliphatic carbocycles. The third kappa shape index (κ3) is 4.77. The van der Waals surface area contributed by atoms with Gasteiger partial charge in [-0.25, -0.2) is 0 Å². The highest BCUT2D eigenvalue weighted by Gasteiger charge is 2.17. The fourth-order valence-electron chi connectivity index (χ4n) is 2.52. The summed E-state index contributed by atoms with van der Waals surface area (Å²) in [6.07, 6.45) is 1.51. The molecule has 4 heteroatoms. The maximum atomic E-state index is 12.6. The molecule has 2 rings (SSSR count). The lowest BCUT2D eigenvalue weighted by Crippen LogP contribution is -2.27. The predicted octanol–water partition coefficient (Wildman–Crippen LogP) is 3.06. The topological polar surface area (TPSA) is 66.4 Å². The van der Waals surface area contributed by atoms with Crippen LogP contribution in [0.15, 0.2) is 54.6 Å². The summed E-state index contributed by atoms with van der Waals surface area (Å²) in [6.45, 7) is 2.71. The van der Waals surface area contributed by atoms with E-state index >= 15 is 0 Å². The van der Waals surface area contributed by atoms with Crippen LogP contribution in [0.2, 0.25) is 0 Å². The van der Waals surface area contributed by atoms with Gasteiger partial charge in [-0.05, 0) is 24.8 Å². The maximum absolute atomic E-state index is 12.6. The zero-order valence-corrected chi connectivity index (χ0v) is 13.9. The lowest BCUT2D eigenvalue weighted by molar-refractivity contribution is 0.0940. The Labute approximate surface area is 142 Å². The molecule has 0 radical (unpaired) electrons. The van der Waals surface area contributed by atoms with E-state index in [1.54, 1.807) is 48.5 Å². The minimum Gasteiger partial charge on any atom is -0.396 e. The van der Waals surface area contributed by atoms with Gasteiger partial charge in [0.1, 0.15) is 0 Å². The van der Waals surface area contributed by atoms with Gasteiger partial charge in [0.2, 0.25) is 0 Å². The van der Waals surface area contributed by atoms with Crippen molar-refractivity contribution in [2.45, 2.75) is 19.8 Å². The van der Waals surface area contributed by atoms with Crippen LogP contribution in [-0.4, -0.2) is 29.9 Å². The van der Waals surface area contributed by atoms with Gasteiger partial charge >= 0.3 is 0 Å². The molecule has 1 atom stereocenters. The van der Waals surface area contributed by atoms with Crippen LogP contribution in [0.3, 0.4) is 0 Å². The molecule has 24 heavy (non-hydrogen) atoms. The fourth-order valence-corrected chi connectivity index (χ4v) is 2.52. The molecule has 126 valence electrons. The van der Waals surface area contributed by atoms with Crippen molar-refractivity contribution in [1.29, 1.82) is 0 Å². The number of aliphatic hydroxyl groups excluding tert-OH is 1. The second-order valence-electron chi connectivity index (χ2n) is 5.90. The van der Waals surface area contributed by atoms with Crippen molar-refractivity contribution in [3.05, 3.63) is 71.3 Å². The van der Waals surface area contributed by atoms with Gasteiger partial charge in [-0.2, -0.15) is 0 Å². The van der Waals surface area contributed by atoms with E-state index in [0.29, 0.717) is 29.2 Å². The van der Waals surface area contributed by atoms with Gasteiger partial charge in [0.15, 0.2) is 5.78 Å². The first kappa shape index (κ1) is 17.9. The van der Waals surface area contributed by atoms with Crippen molar-refractivity contribution in [3.8, 4) is 0 Å². The number of carbonyl (C=O) groups is 2. The third-order valence-corrected chi connectivity index (χ3v) is 4.00. The molecule has 2 aromatic carbocycles. The molecule has 4 nitrogen and oxygen atoms in total. The van der Waals surface area contributed by atoms with Gasteiger partial charge in [0, 0.05) is 24.3 Å². The largest absolute Gasteiger partial charge is 0.396 e. The number of amides is 1. The first-order valence-corrected chi connectivity index (χ1v) is 8.21. The highest BCUT2D eigenvalue weighted by atomic mass is 16.3. The zero-order chi connectivity index (χ0) is 17.4. The van der Waals surface area contributed by atoms with Gasteiger partial charge in [-0.1, -0.05) is 55.5 Å². The standard InChI is InChI=1S/C20H23NO3/c1-15(12-14-22)11-13-21-20(24)18-10-6-5-9-17(18)19(23)16-7-3-2-4-8-16/h2-10,15,22H,11-14H2,1H3,(H,21,24). The van der Waals surface area contributed by atoms with E-state index in [4.69, 9.17) is 5.11 Å². The number of rotatable bonds is 8. The number of hydrogen-bond donors (Lipinski definition) is 2. The molecule has 0 heterocycles. The molecule has 0 fully saturated rings. The van der Waals surface area contributed by atoms with Crippen LogP contribution in [0.5, 0.6) is 0 Å². The fraction of sp³-hybridized carbons (Fsp3) is 0.300. The van der Waals surface area contributed by atoms with Crippen molar-refractivity contribution in [3.63, 3.8) is 0 Å². The first-order valence-electron chi connectivity index (χ1n) is 8.21. The van der Waals surface area contributed by atoms with Crippen molar-refractivity contribution < 1.29 is 14.7 Å². The van der Waals surface area contributed by atoms with Crippen LogP contribution < -0.4 is 5.32 Å². The van der Waals surface area contributed by atoms with Gasteiger partial charge < -0.3 is 10.4 Å². The number of aliphatic hydroxyl groups is 1. The molecule has 1 amide bonds. The molecular weight excluding hydrogens is 302 g/mol. The number of hydrogen-bond acceptors (Lipinski definition) is 3. The highest BCUT2D eigenvalue weighted by molar-refractivity contribution is 6.15. The monoisotopic (exact) mass is 325 g/mol. The van der Waals surface area contributed by atoms with Crippen molar-refractivity contribution >= 4 is 11.7 Å². The minimum absolute atomic E-state index is 0.156. The smallest absolute Gasteiger partial charge is 0.252 e. The second-order valence-corrected chi connectivity index (χ2v) is 5.90. The Morgan fingerprint density at radius 1 is 0.958 bits per heavy atom. The molecule has 1 unspecified atom stereocenters. The summed E-state index contributed by atoms with van der Waals surface area (Å²) in [4.78, 5) is 25.1. The SMILES string of the molecule is CC(CCO)CCNC(=O)c1ccccc1C(=O)c1ccccc1. The van der Waals surface area contributed by atoms with Crippen LogP contribution in [0.1, 0.15) is 46.0 Å². The molecule has 2 aromatic rings. The molecular formula is C20H23NO3.